The molecule has 82 valence electrons. The van der Waals surface area contributed by atoms with Crippen molar-refractivity contribution in [2.24, 2.45) is 0 Å². The molecule has 0 amide bonds. The summed E-state index contributed by atoms with van der Waals surface area (Å²) in [5, 5.41) is 0. The van der Waals surface area contributed by atoms with E-state index in [-0.39, 0.29) is 62.4 Å². The van der Waals surface area contributed by atoms with Gasteiger partial charge in [0.1, 0.15) is 0 Å². The average molecular weight is 246 g/mol. The minimum atomic E-state index is -3.97. The molecule has 0 aliphatic rings. The second-order valence-corrected chi connectivity index (χ2v) is 2.73. The summed E-state index contributed by atoms with van der Waals surface area (Å²) in [5.74, 6) is 0. The first-order valence-electron chi connectivity index (χ1n) is 0.698. The van der Waals surface area contributed by atoms with Gasteiger partial charge in [0.05, 0.1) is 0 Å². The Kier molecular flexibility index (Phi) is 184. The number of hydrogen-bond acceptors (Lipinski definition) is 2. The number of thiol groups is 1. The topological polar surface area (TPSA) is 243 Å². The quantitative estimate of drug-likeness (QED) is 0.183. The molecular formula is H15NaO9S2. The van der Waals surface area contributed by atoms with Gasteiger partial charge in [-0.25, -0.2) is 0 Å². The van der Waals surface area contributed by atoms with E-state index in [9.17, 15) is 0 Å². The van der Waals surface area contributed by atoms with Gasteiger partial charge in [0.2, 0.25) is 0 Å². The summed E-state index contributed by atoms with van der Waals surface area (Å²) in [7, 11) is -3.97. The van der Waals surface area contributed by atoms with Crippen molar-refractivity contribution < 1.29 is 45.8 Å². The van der Waals surface area contributed by atoms with Gasteiger partial charge < -0.3 is 32.9 Å². The predicted octanol–water partition coefficient (Wildman–Crippen LogP) is -5.88. The third-order valence-corrected chi connectivity index (χ3v) is 0. The predicted molar refractivity (Wildman–Crippen MR) is 49.4 cm³/mol. The van der Waals surface area contributed by atoms with Crippen molar-refractivity contribution >= 4 is 50.4 Å². The van der Waals surface area contributed by atoms with Gasteiger partial charge in [0, 0.05) is 0 Å². The van der Waals surface area contributed by atoms with Crippen LogP contribution >= 0.6 is 11.7 Å². The summed E-state index contributed by atoms with van der Waals surface area (Å²) in [4.78, 5) is 0. The van der Waals surface area contributed by atoms with E-state index in [0.29, 0.717) is 0 Å². The minimum absolute atomic E-state index is 0. The van der Waals surface area contributed by atoms with Crippen LogP contribution in [-0.2, 0) is 9.15 Å². The standard InChI is InChI=1S/Na.H2O3S2.6H2O.H/c;1-5(2,3)4;;;;;;;/h;(H2,1,2,3,4);6*1H2;. The van der Waals surface area contributed by atoms with Crippen LogP contribution in [0, 0.1) is 0 Å². The molecular weight excluding hydrogens is 231 g/mol. The summed E-state index contributed by atoms with van der Waals surface area (Å²) < 4.78 is 25.5. The van der Waals surface area contributed by atoms with E-state index in [0.717, 1.165) is 0 Å². The molecule has 0 bridgehead atoms. The zero-order valence-electron chi connectivity index (χ0n) is 5.12. The molecule has 0 aliphatic heterocycles. The maximum atomic E-state index is 9.05. The second-order valence-electron chi connectivity index (χ2n) is 0.448. The summed E-state index contributed by atoms with van der Waals surface area (Å²) in [5.41, 5.74) is 0. The first-order valence-corrected chi connectivity index (χ1v) is 3.19. The molecule has 0 spiro atoms. The van der Waals surface area contributed by atoms with Gasteiger partial charge in [-0.2, -0.15) is 8.42 Å². The Balaban J connectivity index is -0.00000000381. The normalized spacial score (nSPS) is 4.83. The zero-order chi connectivity index (χ0) is 4.50. The second kappa shape index (κ2) is 29.6. The Bertz CT molecular complexity index is 95.7. The van der Waals surface area contributed by atoms with Crippen LogP contribution in [0.1, 0.15) is 0 Å². The summed E-state index contributed by atoms with van der Waals surface area (Å²) in [6.45, 7) is 0. The van der Waals surface area contributed by atoms with Gasteiger partial charge in [-0.1, -0.05) is 0 Å². The van der Waals surface area contributed by atoms with Crippen molar-refractivity contribution in [1.29, 1.82) is 0 Å². The average Bonchev–Trinajstić information content (AvgIpc) is 0.722. The van der Waals surface area contributed by atoms with Crippen molar-refractivity contribution in [3.63, 3.8) is 0 Å². The molecule has 9 nitrogen and oxygen atoms in total. The number of rotatable bonds is 0. The van der Waals surface area contributed by atoms with Gasteiger partial charge >= 0.3 is 38.7 Å². The van der Waals surface area contributed by atoms with Crippen LogP contribution < -0.4 is 0 Å². The van der Waals surface area contributed by atoms with Crippen LogP contribution in [-0.4, -0.2) is 75.4 Å². The summed E-state index contributed by atoms with van der Waals surface area (Å²) in [6.07, 6.45) is 0. The molecule has 0 aromatic rings. The Morgan fingerprint density at radius 3 is 0.833 bits per heavy atom. The van der Waals surface area contributed by atoms with E-state index in [4.69, 9.17) is 13.0 Å². The molecule has 0 unspecified atom stereocenters. The van der Waals surface area contributed by atoms with Gasteiger partial charge in [-0.3, -0.25) is 4.55 Å². The molecule has 0 aromatic carbocycles. The maximum absolute atomic E-state index is 9.05. The van der Waals surface area contributed by atoms with E-state index in [1.54, 1.807) is 0 Å². The Hall–Kier alpha value is 1.02. The molecule has 0 atom stereocenters. The third kappa shape index (κ3) is 1060. The molecule has 0 aromatic heterocycles. The molecule has 12 heteroatoms. The Morgan fingerprint density at radius 2 is 0.833 bits per heavy atom. The molecule has 0 fully saturated rings. The third-order valence-electron chi connectivity index (χ3n) is 0. The molecule has 0 aliphatic carbocycles. The van der Waals surface area contributed by atoms with Gasteiger partial charge in [-0.05, 0) is 11.7 Å². The summed E-state index contributed by atoms with van der Waals surface area (Å²) in [6, 6.07) is 0. The van der Waals surface area contributed by atoms with E-state index in [1.807, 2.05) is 0 Å². The van der Waals surface area contributed by atoms with Gasteiger partial charge in [0.25, 0.3) is 0 Å². The molecule has 0 saturated carbocycles. The molecule has 13 N–H and O–H groups in total. The molecule has 0 heterocycles. The van der Waals surface area contributed by atoms with Crippen molar-refractivity contribution in [2.45, 2.75) is 0 Å². The van der Waals surface area contributed by atoms with E-state index < -0.39 is 9.15 Å². The fraction of sp³-hybridized carbons (Fsp3) is 0. The van der Waals surface area contributed by atoms with Crippen LogP contribution in [0.5, 0.6) is 0 Å². The fourth-order valence-corrected chi connectivity index (χ4v) is 0. The van der Waals surface area contributed by atoms with Crippen LogP contribution in [0.15, 0.2) is 0 Å². The van der Waals surface area contributed by atoms with E-state index in [1.165, 1.54) is 0 Å². The van der Waals surface area contributed by atoms with Crippen LogP contribution in [0.2, 0.25) is 0 Å². The Labute approximate surface area is 95.9 Å². The first-order chi connectivity index (χ1) is 2.00. The molecule has 12 heavy (non-hydrogen) atoms. The number of hydrogen-bond donors (Lipinski definition) is 2. The van der Waals surface area contributed by atoms with E-state index in [2.05, 4.69) is 11.7 Å². The van der Waals surface area contributed by atoms with Crippen molar-refractivity contribution in [3.05, 3.63) is 0 Å². The zero-order valence-corrected chi connectivity index (χ0v) is 6.83. The molecule has 0 radical (unpaired) electrons. The van der Waals surface area contributed by atoms with Crippen LogP contribution in [0.3, 0.4) is 0 Å². The van der Waals surface area contributed by atoms with Crippen molar-refractivity contribution in [3.8, 4) is 0 Å². The monoisotopic (exact) mass is 246 g/mol. The molecule has 0 saturated heterocycles. The van der Waals surface area contributed by atoms with Crippen molar-refractivity contribution in [2.75, 3.05) is 0 Å². The van der Waals surface area contributed by atoms with Crippen molar-refractivity contribution in [1.82, 2.24) is 0 Å². The fourth-order valence-electron chi connectivity index (χ4n) is 0. The van der Waals surface area contributed by atoms with Crippen LogP contribution in [0.4, 0.5) is 0 Å². The Morgan fingerprint density at radius 1 is 0.833 bits per heavy atom. The van der Waals surface area contributed by atoms with E-state index >= 15 is 0 Å². The SMILES string of the molecule is O.O.O.O.O.O.O=S(=O)(O)S.[NaH]. The van der Waals surface area contributed by atoms with Gasteiger partial charge in [0.15, 0.2) is 0 Å². The first kappa shape index (κ1) is 74.6. The summed E-state index contributed by atoms with van der Waals surface area (Å²) >= 11 is 2.65. The molecule has 0 rings (SSSR count). The van der Waals surface area contributed by atoms with Gasteiger partial charge in [-0.15, -0.1) is 0 Å². The van der Waals surface area contributed by atoms with Crippen LogP contribution in [0.25, 0.3) is 0 Å².